The Balaban J connectivity index is 2.19. The van der Waals surface area contributed by atoms with Crippen LogP contribution in [0.5, 0.6) is 0 Å². The van der Waals surface area contributed by atoms with E-state index in [9.17, 15) is 4.79 Å². The van der Waals surface area contributed by atoms with Gasteiger partial charge in [-0.05, 0) is 32.0 Å². The highest BCUT2D eigenvalue weighted by molar-refractivity contribution is 7.18. The molecule has 0 saturated carbocycles. The molecule has 3 N–H and O–H groups in total. The zero-order chi connectivity index (χ0) is 15.4. The number of nitrogens with one attached hydrogen (secondary N) is 1. The summed E-state index contributed by atoms with van der Waals surface area (Å²) < 4.78 is 0. The van der Waals surface area contributed by atoms with Crippen molar-refractivity contribution in [3.05, 3.63) is 34.2 Å². The van der Waals surface area contributed by atoms with Crippen molar-refractivity contribution in [1.29, 1.82) is 0 Å². The van der Waals surface area contributed by atoms with Gasteiger partial charge in [0.2, 0.25) is 0 Å². The van der Waals surface area contributed by atoms with Crippen LogP contribution in [-0.2, 0) is 0 Å². The lowest BCUT2D eigenvalue weighted by Gasteiger charge is -2.16. The van der Waals surface area contributed by atoms with Crippen LogP contribution in [0.15, 0.2) is 24.3 Å². The Hall–Kier alpha value is -1.79. The number of aromatic nitrogens is 1. The second kappa shape index (κ2) is 6.78. The van der Waals surface area contributed by atoms with E-state index in [1.54, 1.807) is 24.3 Å². The van der Waals surface area contributed by atoms with Gasteiger partial charge < -0.3 is 16.0 Å². The molecule has 1 aromatic heterocycles. The normalized spacial score (nSPS) is 10.4. The average molecular weight is 325 g/mol. The fourth-order valence-electron chi connectivity index (χ4n) is 1.87. The molecule has 0 bridgehead atoms. The zero-order valence-electron chi connectivity index (χ0n) is 11.9. The summed E-state index contributed by atoms with van der Waals surface area (Å²) in [5.74, 6) is -0.0212. The lowest BCUT2D eigenvalue weighted by Crippen LogP contribution is -2.21. The summed E-state index contributed by atoms with van der Waals surface area (Å²) in [6, 6.07) is 6.97. The third kappa shape index (κ3) is 3.65. The first-order chi connectivity index (χ1) is 10.0. The number of thiazole rings is 1. The van der Waals surface area contributed by atoms with Crippen molar-refractivity contribution in [2.45, 2.75) is 13.8 Å². The summed E-state index contributed by atoms with van der Waals surface area (Å²) in [5, 5.41) is 4.10. The monoisotopic (exact) mass is 324 g/mol. The number of nitrogens with two attached hydrogens (primary N) is 1. The van der Waals surface area contributed by atoms with E-state index in [4.69, 9.17) is 17.3 Å². The van der Waals surface area contributed by atoms with Crippen molar-refractivity contribution in [3.63, 3.8) is 0 Å². The number of hydrogen-bond acceptors (Lipinski definition) is 5. The van der Waals surface area contributed by atoms with Crippen LogP contribution in [0.1, 0.15) is 23.5 Å². The molecule has 0 atom stereocenters. The Bertz CT molecular complexity index is 640. The maximum atomic E-state index is 12.3. The minimum absolute atomic E-state index is 0.251. The van der Waals surface area contributed by atoms with Gasteiger partial charge in [-0.25, -0.2) is 4.98 Å². The Morgan fingerprint density at radius 2 is 2.14 bits per heavy atom. The van der Waals surface area contributed by atoms with Crippen LogP contribution in [0.2, 0.25) is 5.02 Å². The number of nitrogen functional groups attached to an aromatic ring is 1. The molecule has 1 aromatic carbocycles. The van der Waals surface area contributed by atoms with Crippen LogP contribution in [0.25, 0.3) is 0 Å². The Labute approximate surface area is 132 Å². The SMILES string of the molecule is CCN(CC)c1nc(N)c(C(=O)Nc2cccc(Cl)c2)s1. The van der Waals surface area contributed by atoms with Crippen molar-refractivity contribution in [3.8, 4) is 0 Å². The van der Waals surface area contributed by atoms with Crippen molar-refractivity contribution < 1.29 is 4.79 Å². The van der Waals surface area contributed by atoms with Gasteiger partial charge in [0.15, 0.2) is 5.13 Å². The molecule has 1 amide bonds. The predicted molar refractivity (Wildman–Crippen MR) is 89.5 cm³/mol. The lowest BCUT2D eigenvalue weighted by atomic mass is 10.3. The van der Waals surface area contributed by atoms with Crippen molar-refractivity contribution in [1.82, 2.24) is 4.98 Å². The molecule has 112 valence electrons. The Morgan fingerprint density at radius 1 is 1.43 bits per heavy atom. The van der Waals surface area contributed by atoms with Crippen molar-refractivity contribution in [2.75, 3.05) is 29.0 Å². The molecule has 5 nitrogen and oxygen atoms in total. The van der Waals surface area contributed by atoms with E-state index in [0.29, 0.717) is 15.6 Å². The van der Waals surface area contributed by atoms with E-state index in [-0.39, 0.29) is 11.7 Å². The highest BCUT2D eigenvalue weighted by Gasteiger charge is 2.18. The molecule has 21 heavy (non-hydrogen) atoms. The second-order valence-electron chi connectivity index (χ2n) is 4.35. The van der Waals surface area contributed by atoms with E-state index >= 15 is 0 Å². The van der Waals surface area contributed by atoms with Gasteiger partial charge in [-0.1, -0.05) is 29.0 Å². The first kappa shape index (κ1) is 15.6. The third-order valence-electron chi connectivity index (χ3n) is 2.96. The van der Waals surface area contributed by atoms with Crippen LogP contribution < -0.4 is 16.0 Å². The largest absolute Gasteiger partial charge is 0.382 e. The second-order valence-corrected chi connectivity index (χ2v) is 5.76. The molecule has 1 heterocycles. The van der Waals surface area contributed by atoms with E-state index in [1.165, 1.54) is 11.3 Å². The van der Waals surface area contributed by atoms with Gasteiger partial charge in [0, 0.05) is 23.8 Å². The third-order valence-corrected chi connectivity index (χ3v) is 4.33. The van der Waals surface area contributed by atoms with E-state index in [1.807, 2.05) is 13.8 Å². The number of carbonyl (C=O) groups excluding carboxylic acids is 1. The van der Waals surface area contributed by atoms with Crippen LogP contribution in [0.4, 0.5) is 16.6 Å². The van der Waals surface area contributed by atoms with Crippen molar-refractivity contribution in [2.24, 2.45) is 0 Å². The number of halogens is 1. The van der Waals surface area contributed by atoms with Gasteiger partial charge >= 0.3 is 0 Å². The Kier molecular flexibility index (Phi) is 5.03. The van der Waals surface area contributed by atoms with Gasteiger partial charge in [0.1, 0.15) is 10.7 Å². The number of benzene rings is 1. The molecule has 0 aliphatic heterocycles. The van der Waals surface area contributed by atoms with Gasteiger partial charge in [0.25, 0.3) is 5.91 Å². The summed E-state index contributed by atoms with van der Waals surface area (Å²) >= 11 is 7.19. The van der Waals surface area contributed by atoms with Gasteiger partial charge in [0.05, 0.1) is 0 Å². The fraction of sp³-hybridized carbons (Fsp3) is 0.286. The molecule has 0 aliphatic rings. The van der Waals surface area contributed by atoms with Crippen LogP contribution in [-0.4, -0.2) is 24.0 Å². The molecule has 2 rings (SSSR count). The highest BCUT2D eigenvalue weighted by atomic mass is 35.5. The molecule has 0 spiro atoms. The summed E-state index contributed by atoms with van der Waals surface area (Å²) in [6.07, 6.45) is 0. The molecular weight excluding hydrogens is 308 g/mol. The summed E-state index contributed by atoms with van der Waals surface area (Å²) in [5.41, 5.74) is 6.49. The van der Waals surface area contributed by atoms with Gasteiger partial charge in [-0.15, -0.1) is 0 Å². The molecule has 0 unspecified atom stereocenters. The van der Waals surface area contributed by atoms with E-state index < -0.39 is 0 Å². The maximum absolute atomic E-state index is 12.3. The number of rotatable bonds is 5. The number of carbonyl (C=O) groups is 1. The maximum Gasteiger partial charge on any atom is 0.269 e. The fourth-order valence-corrected chi connectivity index (χ4v) is 3.06. The average Bonchev–Trinajstić information content (AvgIpc) is 2.82. The molecule has 0 radical (unpaired) electrons. The molecule has 7 heteroatoms. The topological polar surface area (TPSA) is 71.2 Å². The number of amides is 1. The number of anilines is 3. The standard InChI is InChI=1S/C14H17ClN4OS/c1-3-19(4-2)14-18-12(16)11(21-14)13(20)17-10-7-5-6-9(15)8-10/h5-8H,3-4,16H2,1-2H3,(H,17,20). The molecule has 0 fully saturated rings. The van der Waals surface area contributed by atoms with Gasteiger partial charge in [-0.3, -0.25) is 4.79 Å². The van der Waals surface area contributed by atoms with Crippen LogP contribution in [0.3, 0.4) is 0 Å². The first-order valence-corrected chi connectivity index (χ1v) is 7.82. The molecule has 2 aromatic rings. The summed E-state index contributed by atoms with van der Waals surface area (Å²) in [4.78, 5) is 19.0. The van der Waals surface area contributed by atoms with Crippen LogP contribution >= 0.6 is 22.9 Å². The molecule has 0 aliphatic carbocycles. The zero-order valence-corrected chi connectivity index (χ0v) is 13.5. The minimum atomic E-state index is -0.273. The first-order valence-electron chi connectivity index (χ1n) is 6.63. The van der Waals surface area contributed by atoms with Crippen molar-refractivity contribution >= 4 is 45.5 Å². The smallest absolute Gasteiger partial charge is 0.269 e. The molecular formula is C14H17ClN4OS. The number of hydrogen-bond donors (Lipinski definition) is 2. The quantitative estimate of drug-likeness (QED) is 0.883. The highest BCUT2D eigenvalue weighted by Crippen LogP contribution is 2.29. The van der Waals surface area contributed by atoms with E-state index in [0.717, 1.165) is 18.2 Å². The summed E-state index contributed by atoms with van der Waals surface area (Å²) in [7, 11) is 0. The predicted octanol–water partition coefficient (Wildman–Crippen LogP) is 3.48. The summed E-state index contributed by atoms with van der Waals surface area (Å²) in [6.45, 7) is 5.71. The lowest BCUT2D eigenvalue weighted by molar-refractivity contribution is 0.103. The minimum Gasteiger partial charge on any atom is -0.382 e. The van der Waals surface area contributed by atoms with E-state index in [2.05, 4.69) is 15.2 Å². The molecule has 0 saturated heterocycles. The van der Waals surface area contributed by atoms with Crippen LogP contribution in [0, 0.1) is 0 Å². The van der Waals surface area contributed by atoms with Gasteiger partial charge in [-0.2, -0.15) is 0 Å². The number of nitrogens with zero attached hydrogens (tertiary/aromatic N) is 2. The Morgan fingerprint density at radius 3 is 2.76 bits per heavy atom.